The summed E-state index contributed by atoms with van der Waals surface area (Å²) in [6.45, 7) is 9.54. The minimum Gasteiger partial charge on any atom is -0.394 e. The van der Waals surface area contributed by atoms with Crippen molar-refractivity contribution in [1.29, 1.82) is 0 Å². The van der Waals surface area contributed by atoms with Crippen LogP contribution in [-0.2, 0) is 37.9 Å². The van der Waals surface area contributed by atoms with Crippen LogP contribution in [0.4, 0.5) is 0 Å². The molecular weight excluding hydrogens is 856 g/mol. The lowest BCUT2D eigenvalue weighted by Crippen LogP contribution is -2.62. The van der Waals surface area contributed by atoms with Gasteiger partial charge in [0.05, 0.1) is 44.2 Å². The smallest absolute Gasteiger partial charge is 0.187 e. The van der Waals surface area contributed by atoms with Crippen molar-refractivity contribution in [2.24, 2.45) is 46.3 Å². The molecule has 1 unspecified atom stereocenters. The fraction of sp³-hybridized carbons (Fsp3) is 0.957. The van der Waals surface area contributed by atoms with Gasteiger partial charge < -0.3 is 94.1 Å². The monoisotopic (exact) mass is 932 g/mol. The Morgan fingerprint density at radius 3 is 2.06 bits per heavy atom. The molecule has 65 heavy (non-hydrogen) atoms. The topological polar surface area (TPSA) is 296 Å². The SMILES string of the molecule is COC1(CC[C@@H](C)CO[C@@H]2O[C@H](CO[C@@H]3O[C@@H](C)[C@H](O)[C@@H](O)[C@H]3O)[C@H](O)[C@H](O)[C@H]2O)O[C@H]2C[C@H]3[C@@H]4CC=C5C[C@@H](O)C[C@@H](O[C@@H]6O[C@H](CO)[C@@H](O)[C@H](O)[C@H]6O)[C@]5(C)[C@H]4CC[C@]3(C)[C@H]2[C@@H]1C. The molecule has 4 heterocycles. The molecular formula is C46H76O19. The Balaban J connectivity index is 0.883. The number of aliphatic hydroxyl groups is 11. The van der Waals surface area contributed by atoms with Crippen molar-refractivity contribution in [3.05, 3.63) is 11.6 Å². The summed E-state index contributed by atoms with van der Waals surface area (Å²) in [7, 11) is 1.69. The van der Waals surface area contributed by atoms with Crippen molar-refractivity contribution in [2.75, 3.05) is 26.9 Å². The maximum Gasteiger partial charge on any atom is 0.187 e. The molecule has 0 bridgehead atoms. The van der Waals surface area contributed by atoms with Gasteiger partial charge >= 0.3 is 0 Å². The maximum absolute atomic E-state index is 11.1. The number of hydrogen-bond acceptors (Lipinski definition) is 19. The van der Waals surface area contributed by atoms with Crippen molar-refractivity contribution >= 4 is 0 Å². The van der Waals surface area contributed by atoms with Gasteiger partial charge in [0.1, 0.15) is 67.1 Å². The van der Waals surface area contributed by atoms with E-state index in [9.17, 15) is 56.2 Å². The quantitative estimate of drug-likeness (QED) is 0.0967. The number of fused-ring (bicyclic) bond motifs is 7. The summed E-state index contributed by atoms with van der Waals surface area (Å²) in [5.41, 5.74) is 0.588. The van der Waals surface area contributed by atoms with E-state index in [1.807, 2.05) is 6.92 Å². The lowest BCUT2D eigenvalue weighted by atomic mass is 9.46. The predicted molar refractivity (Wildman–Crippen MR) is 224 cm³/mol. The van der Waals surface area contributed by atoms with Crippen molar-refractivity contribution in [2.45, 2.75) is 202 Å². The van der Waals surface area contributed by atoms with Gasteiger partial charge in [-0.15, -0.1) is 0 Å². The van der Waals surface area contributed by atoms with E-state index < -0.39 is 122 Å². The highest BCUT2D eigenvalue weighted by atomic mass is 16.7. The van der Waals surface area contributed by atoms with E-state index in [1.54, 1.807) is 7.11 Å². The molecule has 4 aliphatic heterocycles. The Kier molecular flexibility index (Phi) is 15.0. The van der Waals surface area contributed by atoms with Gasteiger partial charge in [0.25, 0.3) is 0 Å². The highest BCUT2D eigenvalue weighted by Crippen LogP contribution is 2.70. The Hall–Kier alpha value is -1.02. The van der Waals surface area contributed by atoms with Crippen LogP contribution in [0.1, 0.15) is 86.0 Å². The molecule has 0 radical (unpaired) electrons. The zero-order valence-electron chi connectivity index (χ0n) is 38.4. The van der Waals surface area contributed by atoms with Crippen molar-refractivity contribution in [1.82, 2.24) is 0 Å². The summed E-state index contributed by atoms with van der Waals surface area (Å²) in [5.74, 6) is 0.203. The van der Waals surface area contributed by atoms with Crippen LogP contribution < -0.4 is 0 Å². The van der Waals surface area contributed by atoms with E-state index in [0.717, 1.165) is 31.3 Å². The lowest BCUT2D eigenvalue weighted by Gasteiger charge is -2.60. The fourth-order valence-electron chi connectivity index (χ4n) is 13.8. The highest BCUT2D eigenvalue weighted by molar-refractivity contribution is 5.29. The van der Waals surface area contributed by atoms with Gasteiger partial charge in [-0.2, -0.15) is 0 Å². The van der Waals surface area contributed by atoms with Crippen LogP contribution in [0.25, 0.3) is 0 Å². The van der Waals surface area contributed by atoms with Crippen molar-refractivity contribution < 1.29 is 94.1 Å². The standard InChI is InChI=1S/C46H76O19/c1-19(17-59-42-39(56)37(54)34(51)29(63-42)18-60-41-38(55)35(52)32(49)21(3)61-41)9-12-46(58-6)20(2)31-27(65-46)15-26-24-8-7-22-13-23(48)14-30(45(22,5)25(24)10-11-44(26,31)4)64-43-40(57)36(53)33(50)28(16-47)62-43/h7,19-21,23-43,47-57H,8-18H2,1-6H3/t19-,20+,21+,23-,24-,25+,26+,27+,28-,29-,30-,31+,32+,33-,34+,35-,36+,37+,38-,39-,40-,41-,42-,43+,44+,45+,46?/m1/s1. The number of hydrogen-bond donors (Lipinski definition) is 11. The summed E-state index contributed by atoms with van der Waals surface area (Å²) < 4.78 is 48.6. The third-order valence-electron chi connectivity index (χ3n) is 17.7. The molecule has 7 fully saturated rings. The molecule has 19 heteroatoms. The van der Waals surface area contributed by atoms with E-state index >= 15 is 0 Å². The van der Waals surface area contributed by atoms with E-state index in [0.29, 0.717) is 37.5 Å². The molecule has 8 rings (SSSR count). The maximum atomic E-state index is 11.1. The van der Waals surface area contributed by atoms with Crippen LogP contribution in [-0.4, -0.2) is 199 Å². The number of allylic oxidation sites excluding steroid dienone is 1. The molecule has 0 aromatic carbocycles. The van der Waals surface area contributed by atoms with E-state index in [-0.39, 0.29) is 48.4 Å². The Bertz CT molecular complexity index is 1660. The largest absolute Gasteiger partial charge is 0.394 e. The minimum absolute atomic E-state index is 0.0349. The zero-order valence-corrected chi connectivity index (χ0v) is 38.4. The molecule has 0 aromatic heterocycles. The second kappa shape index (κ2) is 19.3. The summed E-state index contributed by atoms with van der Waals surface area (Å²) in [5, 5.41) is 115. The third kappa shape index (κ3) is 8.71. The van der Waals surface area contributed by atoms with Crippen LogP contribution in [0, 0.1) is 46.3 Å². The molecule has 19 nitrogen and oxygen atoms in total. The first-order chi connectivity index (χ1) is 30.7. The first-order valence-corrected chi connectivity index (χ1v) is 23.9. The summed E-state index contributed by atoms with van der Waals surface area (Å²) in [6, 6.07) is 0. The fourth-order valence-corrected chi connectivity index (χ4v) is 13.8. The van der Waals surface area contributed by atoms with Gasteiger partial charge in [0.15, 0.2) is 24.7 Å². The van der Waals surface area contributed by atoms with Gasteiger partial charge in [-0.1, -0.05) is 39.3 Å². The van der Waals surface area contributed by atoms with Gasteiger partial charge in [-0.3, -0.25) is 0 Å². The average molecular weight is 933 g/mol. The molecule has 11 N–H and O–H groups in total. The number of methoxy groups -OCH3 is 1. The van der Waals surface area contributed by atoms with Crippen LogP contribution in [0.5, 0.6) is 0 Å². The Morgan fingerprint density at radius 1 is 0.754 bits per heavy atom. The molecule has 4 aliphatic carbocycles. The molecule has 0 amide bonds. The first kappa shape index (κ1) is 50.4. The average Bonchev–Trinajstić information content (AvgIpc) is 3.74. The molecule has 4 saturated heterocycles. The van der Waals surface area contributed by atoms with Crippen LogP contribution in [0.2, 0.25) is 0 Å². The number of rotatable bonds is 13. The molecule has 8 aliphatic rings. The van der Waals surface area contributed by atoms with Crippen molar-refractivity contribution in [3.8, 4) is 0 Å². The Labute approximate surface area is 380 Å². The molecule has 374 valence electrons. The summed E-state index contributed by atoms with van der Waals surface area (Å²) >= 11 is 0. The number of aliphatic hydroxyl groups excluding tert-OH is 11. The molecule has 27 atom stereocenters. The van der Waals surface area contributed by atoms with E-state index in [2.05, 4.69) is 26.8 Å². The van der Waals surface area contributed by atoms with Crippen LogP contribution >= 0.6 is 0 Å². The zero-order chi connectivity index (χ0) is 47.1. The van der Waals surface area contributed by atoms with Crippen LogP contribution in [0.3, 0.4) is 0 Å². The number of ether oxygens (including phenoxy) is 8. The molecule has 0 spiro atoms. The molecule has 0 aromatic rings. The van der Waals surface area contributed by atoms with Gasteiger partial charge in [-0.25, -0.2) is 0 Å². The third-order valence-corrected chi connectivity index (χ3v) is 17.7. The normalized spacial score (nSPS) is 54.8. The lowest BCUT2D eigenvalue weighted by molar-refractivity contribution is -0.329. The van der Waals surface area contributed by atoms with E-state index in [4.69, 9.17) is 37.9 Å². The van der Waals surface area contributed by atoms with Crippen LogP contribution in [0.15, 0.2) is 11.6 Å². The molecule has 3 saturated carbocycles. The predicted octanol–water partition coefficient (Wildman–Crippen LogP) is -1.21. The Morgan fingerprint density at radius 2 is 1.38 bits per heavy atom. The van der Waals surface area contributed by atoms with Crippen molar-refractivity contribution in [3.63, 3.8) is 0 Å². The second-order valence-corrected chi connectivity index (χ2v) is 21.3. The van der Waals surface area contributed by atoms with Gasteiger partial charge in [-0.05, 0) is 80.5 Å². The second-order valence-electron chi connectivity index (χ2n) is 21.3. The first-order valence-electron chi connectivity index (χ1n) is 23.9. The van der Waals surface area contributed by atoms with Gasteiger partial charge in [0, 0.05) is 31.3 Å². The van der Waals surface area contributed by atoms with Gasteiger partial charge in [0.2, 0.25) is 0 Å². The summed E-state index contributed by atoms with van der Waals surface area (Å²) in [4.78, 5) is 0. The minimum atomic E-state index is -1.62. The summed E-state index contributed by atoms with van der Waals surface area (Å²) in [6.07, 6.45) is -14.1. The van der Waals surface area contributed by atoms with E-state index in [1.165, 1.54) is 6.92 Å². The highest BCUT2D eigenvalue weighted by Gasteiger charge is 2.69.